The van der Waals surface area contributed by atoms with Crippen LogP contribution in [0.1, 0.15) is 46.0 Å². The molecule has 0 heterocycles. The maximum absolute atomic E-state index is 5.16. The first-order valence-corrected chi connectivity index (χ1v) is 4.39. The third-order valence-corrected chi connectivity index (χ3v) is 1.92. The van der Waals surface area contributed by atoms with E-state index in [0.717, 1.165) is 6.42 Å². The quantitative estimate of drug-likeness (QED) is 0.546. The van der Waals surface area contributed by atoms with E-state index < -0.39 is 0 Å². The molecule has 0 amide bonds. The van der Waals surface area contributed by atoms with Gasteiger partial charge in [-0.2, -0.15) is 0 Å². The lowest BCUT2D eigenvalue weighted by molar-refractivity contribution is 0.228. The standard InChI is InChI=1S/C8H17ClO/c1-3-4-5-6-7-8(2)10-9/h8H,3-7H2,1-2H3. The highest BCUT2D eigenvalue weighted by atomic mass is 35.5. The summed E-state index contributed by atoms with van der Waals surface area (Å²) in [6.45, 7) is 4.21. The van der Waals surface area contributed by atoms with E-state index in [1.165, 1.54) is 25.7 Å². The number of hydrogen-bond acceptors (Lipinski definition) is 1. The smallest absolute Gasteiger partial charge is 0.0762 e. The largest absolute Gasteiger partial charge is 0.276 e. The second-order valence-electron chi connectivity index (χ2n) is 2.75. The molecule has 0 aromatic carbocycles. The molecule has 0 saturated carbocycles. The van der Waals surface area contributed by atoms with E-state index in [-0.39, 0.29) is 6.10 Å². The van der Waals surface area contributed by atoms with Crippen molar-refractivity contribution in [1.29, 1.82) is 0 Å². The second kappa shape index (κ2) is 7.36. The highest BCUT2D eigenvalue weighted by Gasteiger charge is 1.98. The first-order valence-electron chi connectivity index (χ1n) is 4.08. The fourth-order valence-electron chi connectivity index (χ4n) is 0.903. The van der Waals surface area contributed by atoms with Gasteiger partial charge in [-0.15, -0.1) is 0 Å². The fourth-order valence-corrected chi connectivity index (χ4v) is 0.992. The minimum atomic E-state index is 0.221. The molecule has 10 heavy (non-hydrogen) atoms. The van der Waals surface area contributed by atoms with Gasteiger partial charge < -0.3 is 0 Å². The summed E-state index contributed by atoms with van der Waals surface area (Å²) in [5, 5.41) is 0. The Hall–Kier alpha value is 0.250. The van der Waals surface area contributed by atoms with Crippen molar-refractivity contribution in [3.8, 4) is 0 Å². The van der Waals surface area contributed by atoms with Crippen molar-refractivity contribution >= 4 is 11.9 Å². The van der Waals surface area contributed by atoms with Gasteiger partial charge in [0, 0.05) is 0 Å². The van der Waals surface area contributed by atoms with Gasteiger partial charge in [0.2, 0.25) is 0 Å². The molecule has 62 valence electrons. The van der Waals surface area contributed by atoms with Gasteiger partial charge in [0.25, 0.3) is 0 Å². The maximum atomic E-state index is 5.16. The summed E-state index contributed by atoms with van der Waals surface area (Å²) in [5.41, 5.74) is 0. The molecule has 0 radical (unpaired) electrons. The zero-order chi connectivity index (χ0) is 7.82. The predicted octanol–water partition coefficient (Wildman–Crippen LogP) is 3.52. The molecular formula is C8H17ClO. The van der Waals surface area contributed by atoms with E-state index in [9.17, 15) is 0 Å². The Morgan fingerprint density at radius 2 is 2.00 bits per heavy atom. The first-order chi connectivity index (χ1) is 4.81. The van der Waals surface area contributed by atoms with Crippen LogP contribution in [0.3, 0.4) is 0 Å². The molecule has 0 aliphatic heterocycles. The van der Waals surface area contributed by atoms with Crippen molar-refractivity contribution in [2.75, 3.05) is 0 Å². The molecule has 0 aromatic rings. The van der Waals surface area contributed by atoms with Crippen LogP contribution < -0.4 is 0 Å². The van der Waals surface area contributed by atoms with Crippen molar-refractivity contribution < 1.29 is 4.29 Å². The molecule has 1 nitrogen and oxygen atoms in total. The van der Waals surface area contributed by atoms with Gasteiger partial charge >= 0.3 is 0 Å². The molecule has 0 bridgehead atoms. The summed E-state index contributed by atoms with van der Waals surface area (Å²) in [5.74, 6) is 0. The van der Waals surface area contributed by atoms with Gasteiger partial charge in [0.15, 0.2) is 0 Å². The van der Waals surface area contributed by atoms with Gasteiger partial charge in [-0.3, -0.25) is 4.29 Å². The summed E-state index contributed by atoms with van der Waals surface area (Å²) in [6, 6.07) is 0. The molecule has 1 atom stereocenters. The van der Waals surface area contributed by atoms with Crippen LogP contribution in [0, 0.1) is 0 Å². The number of unbranched alkanes of at least 4 members (excludes halogenated alkanes) is 3. The summed E-state index contributed by atoms with van der Waals surface area (Å²) in [7, 11) is 0. The molecule has 0 saturated heterocycles. The van der Waals surface area contributed by atoms with Crippen LogP contribution in [-0.4, -0.2) is 6.10 Å². The molecular weight excluding hydrogens is 148 g/mol. The second-order valence-corrected chi connectivity index (χ2v) is 2.93. The van der Waals surface area contributed by atoms with Gasteiger partial charge in [0.1, 0.15) is 0 Å². The predicted molar refractivity (Wildman–Crippen MR) is 45.2 cm³/mol. The van der Waals surface area contributed by atoms with Crippen molar-refractivity contribution in [2.24, 2.45) is 0 Å². The van der Waals surface area contributed by atoms with Crippen molar-refractivity contribution in [3.63, 3.8) is 0 Å². The van der Waals surface area contributed by atoms with Gasteiger partial charge in [-0.25, -0.2) is 0 Å². The van der Waals surface area contributed by atoms with Gasteiger partial charge in [-0.1, -0.05) is 32.6 Å². The lowest BCUT2D eigenvalue weighted by Gasteiger charge is -2.04. The highest BCUT2D eigenvalue weighted by Crippen LogP contribution is 2.08. The number of hydrogen-bond donors (Lipinski definition) is 0. The van der Waals surface area contributed by atoms with E-state index in [1.54, 1.807) is 0 Å². The van der Waals surface area contributed by atoms with Crippen LogP contribution in [0.2, 0.25) is 0 Å². The Balaban J connectivity index is 2.89. The number of rotatable bonds is 6. The Kier molecular flexibility index (Phi) is 7.54. The Morgan fingerprint density at radius 1 is 1.30 bits per heavy atom. The zero-order valence-corrected chi connectivity index (χ0v) is 7.66. The van der Waals surface area contributed by atoms with E-state index >= 15 is 0 Å². The summed E-state index contributed by atoms with van der Waals surface area (Å²) in [4.78, 5) is 0. The normalized spacial score (nSPS) is 13.5. The topological polar surface area (TPSA) is 9.23 Å². The Morgan fingerprint density at radius 3 is 2.50 bits per heavy atom. The van der Waals surface area contributed by atoms with Crippen LogP contribution >= 0.6 is 11.9 Å². The summed E-state index contributed by atoms with van der Waals surface area (Å²) < 4.78 is 4.60. The van der Waals surface area contributed by atoms with E-state index in [0.29, 0.717) is 0 Å². The maximum Gasteiger partial charge on any atom is 0.0762 e. The SMILES string of the molecule is CCCCCCC(C)OCl. The highest BCUT2D eigenvalue weighted by molar-refractivity contribution is 6.07. The average molecular weight is 165 g/mol. The van der Waals surface area contributed by atoms with Crippen molar-refractivity contribution in [3.05, 3.63) is 0 Å². The van der Waals surface area contributed by atoms with Crippen molar-refractivity contribution in [1.82, 2.24) is 0 Å². The molecule has 1 unspecified atom stereocenters. The summed E-state index contributed by atoms with van der Waals surface area (Å²) in [6.07, 6.45) is 6.47. The zero-order valence-electron chi connectivity index (χ0n) is 6.90. The van der Waals surface area contributed by atoms with Crippen molar-refractivity contribution in [2.45, 2.75) is 52.1 Å². The molecule has 0 spiro atoms. The monoisotopic (exact) mass is 164 g/mol. The average Bonchev–Trinajstić information content (AvgIpc) is 1.98. The van der Waals surface area contributed by atoms with E-state index in [2.05, 4.69) is 11.2 Å². The minimum Gasteiger partial charge on any atom is -0.276 e. The molecule has 0 rings (SSSR count). The van der Waals surface area contributed by atoms with E-state index in [1.807, 2.05) is 6.92 Å². The van der Waals surface area contributed by atoms with E-state index in [4.69, 9.17) is 11.9 Å². The molecule has 2 heteroatoms. The third-order valence-electron chi connectivity index (χ3n) is 1.62. The summed E-state index contributed by atoms with van der Waals surface area (Å²) >= 11 is 5.16. The number of halogens is 1. The van der Waals surface area contributed by atoms with Crippen LogP contribution in [-0.2, 0) is 4.29 Å². The molecule has 0 aliphatic rings. The fraction of sp³-hybridized carbons (Fsp3) is 1.00. The molecule has 0 aromatic heterocycles. The van der Waals surface area contributed by atoms with Crippen LogP contribution in [0.15, 0.2) is 0 Å². The molecule has 0 N–H and O–H groups in total. The van der Waals surface area contributed by atoms with Crippen LogP contribution in [0.25, 0.3) is 0 Å². The van der Waals surface area contributed by atoms with Crippen LogP contribution in [0.4, 0.5) is 0 Å². The van der Waals surface area contributed by atoms with Crippen LogP contribution in [0.5, 0.6) is 0 Å². The molecule has 0 fully saturated rings. The lowest BCUT2D eigenvalue weighted by Crippen LogP contribution is -2.00. The van der Waals surface area contributed by atoms with Gasteiger partial charge in [0.05, 0.1) is 18.0 Å². The van der Waals surface area contributed by atoms with Gasteiger partial charge in [-0.05, 0) is 13.3 Å². The molecule has 0 aliphatic carbocycles. The third kappa shape index (κ3) is 6.37. The minimum absolute atomic E-state index is 0.221. The Labute approximate surface area is 68.9 Å². The first kappa shape index (κ1) is 10.2. The lowest BCUT2D eigenvalue weighted by atomic mass is 10.1. The Bertz CT molecular complexity index is 66.3.